The maximum atomic E-state index is 12.9. The molecular formula is C22H20F3N5O. The van der Waals surface area contributed by atoms with E-state index in [4.69, 9.17) is 0 Å². The molecule has 1 saturated carbocycles. The molecule has 2 N–H and O–H groups in total. The molecule has 0 atom stereocenters. The Morgan fingerprint density at radius 3 is 2.52 bits per heavy atom. The van der Waals surface area contributed by atoms with Crippen molar-refractivity contribution >= 4 is 34.6 Å². The topological polar surface area (TPSA) is 70.2 Å². The summed E-state index contributed by atoms with van der Waals surface area (Å²) in [6.45, 7) is 0. The number of anilines is 5. The molecule has 1 aliphatic rings. The van der Waals surface area contributed by atoms with Gasteiger partial charge < -0.3 is 15.5 Å². The Balaban J connectivity index is 1.51. The van der Waals surface area contributed by atoms with Gasteiger partial charge in [0, 0.05) is 36.1 Å². The van der Waals surface area contributed by atoms with E-state index in [-0.39, 0.29) is 17.5 Å². The number of nitrogens with one attached hydrogen (secondary N) is 2. The van der Waals surface area contributed by atoms with Gasteiger partial charge >= 0.3 is 6.18 Å². The first-order chi connectivity index (χ1) is 14.8. The van der Waals surface area contributed by atoms with Gasteiger partial charge in [-0.15, -0.1) is 0 Å². The van der Waals surface area contributed by atoms with Crippen molar-refractivity contribution in [2.24, 2.45) is 5.92 Å². The monoisotopic (exact) mass is 427 g/mol. The molecule has 0 saturated heterocycles. The smallest absolute Gasteiger partial charge is 0.340 e. The summed E-state index contributed by atoms with van der Waals surface area (Å²) < 4.78 is 38.8. The quantitative estimate of drug-likeness (QED) is 0.555. The molecular weight excluding hydrogens is 407 g/mol. The Morgan fingerprint density at radius 1 is 1.03 bits per heavy atom. The number of aromatic nitrogens is 2. The summed E-state index contributed by atoms with van der Waals surface area (Å²) in [5.74, 6) is 1.02. The van der Waals surface area contributed by atoms with Crippen LogP contribution < -0.4 is 15.5 Å². The van der Waals surface area contributed by atoms with E-state index in [0.29, 0.717) is 17.3 Å². The number of benzene rings is 2. The maximum absolute atomic E-state index is 12.9. The minimum atomic E-state index is -4.42. The van der Waals surface area contributed by atoms with Gasteiger partial charge in [0.05, 0.1) is 5.56 Å². The second kappa shape index (κ2) is 8.25. The fourth-order valence-corrected chi connectivity index (χ4v) is 3.03. The third-order valence-electron chi connectivity index (χ3n) is 4.91. The largest absolute Gasteiger partial charge is 0.416 e. The molecule has 1 amide bonds. The van der Waals surface area contributed by atoms with Crippen LogP contribution in [0.1, 0.15) is 18.4 Å². The average molecular weight is 427 g/mol. The van der Waals surface area contributed by atoms with Crippen molar-refractivity contribution in [2.75, 3.05) is 22.6 Å². The first-order valence-electron chi connectivity index (χ1n) is 9.70. The summed E-state index contributed by atoms with van der Waals surface area (Å²) in [5, 5.41) is 5.79. The lowest BCUT2D eigenvalue weighted by atomic mass is 10.2. The molecule has 0 bridgehead atoms. The second-order valence-electron chi connectivity index (χ2n) is 7.34. The fourth-order valence-electron chi connectivity index (χ4n) is 3.03. The molecule has 1 aromatic heterocycles. The SMILES string of the molecule is CN(c1cccc(NC(=O)C2CC2)c1)c1cc(Nc2cccc(C(F)(F)F)c2)ncn1. The number of halogens is 3. The highest BCUT2D eigenvalue weighted by atomic mass is 19.4. The van der Waals surface area contributed by atoms with Crippen LogP contribution in [0.5, 0.6) is 0 Å². The normalized spacial score (nSPS) is 13.5. The van der Waals surface area contributed by atoms with E-state index in [0.717, 1.165) is 30.7 Å². The van der Waals surface area contributed by atoms with Gasteiger partial charge in [0.25, 0.3) is 0 Å². The number of carbonyl (C=O) groups is 1. The van der Waals surface area contributed by atoms with E-state index in [9.17, 15) is 18.0 Å². The average Bonchev–Trinajstić information content (AvgIpc) is 3.59. The summed E-state index contributed by atoms with van der Waals surface area (Å²) in [6, 6.07) is 13.9. The third-order valence-corrected chi connectivity index (χ3v) is 4.91. The van der Waals surface area contributed by atoms with Crippen LogP contribution in [0, 0.1) is 5.92 Å². The summed E-state index contributed by atoms with van der Waals surface area (Å²) in [5.41, 5.74) is 1.01. The molecule has 1 aliphatic carbocycles. The van der Waals surface area contributed by atoms with Crippen LogP contribution in [0.25, 0.3) is 0 Å². The predicted molar refractivity (Wildman–Crippen MR) is 113 cm³/mol. The molecule has 3 aromatic rings. The van der Waals surface area contributed by atoms with Crippen molar-refractivity contribution in [2.45, 2.75) is 19.0 Å². The van der Waals surface area contributed by atoms with Crippen LogP contribution in [0.2, 0.25) is 0 Å². The number of alkyl halides is 3. The van der Waals surface area contributed by atoms with Gasteiger partial charge in [0.2, 0.25) is 5.91 Å². The van der Waals surface area contributed by atoms with Crippen molar-refractivity contribution in [1.29, 1.82) is 0 Å². The predicted octanol–water partition coefficient (Wildman–Crippen LogP) is 5.36. The molecule has 1 fully saturated rings. The van der Waals surface area contributed by atoms with Crippen molar-refractivity contribution in [3.8, 4) is 0 Å². The van der Waals surface area contributed by atoms with E-state index in [2.05, 4.69) is 20.6 Å². The number of carbonyl (C=O) groups excluding carboxylic acids is 1. The second-order valence-corrected chi connectivity index (χ2v) is 7.34. The highest BCUT2D eigenvalue weighted by Gasteiger charge is 2.30. The first-order valence-corrected chi connectivity index (χ1v) is 9.70. The molecule has 0 spiro atoms. The first kappa shape index (κ1) is 20.6. The number of hydrogen-bond donors (Lipinski definition) is 2. The van der Waals surface area contributed by atoms with Crippen LogP contribution in [-0.2, 0) is 11.0 Å². The van der Waals surface area contributed by atoms with Gasteiger partial charge in [0.15, 0.2) is 0 Å². The van der Waals surface area contributed by atoms with E-state index >= 15 is 0 Å². The van der Waals surface area contributed by atoms with E-state index < -0.39 is 11.7 Å². The van der Waals surface area contributed by atoms with Gasteiger partial charge in [-0.3, -0.25) is 4.79 Å². The van der Waals surface area contributed by atoms with Gasteiger partial charge in [-0.1, -0.05) is 12.1 Å². The molecule has 0 aliphatic heterocycles. The zero-order valence-electron chi connectivity index (χ0n) is 16.6. The lowest BCUT2D eigenvalue weighted by Gasteiger charge is -2.20. The van der Waals surface area contributed by atoms with Crippen LogP contribution in [0.15, 0.2) is 60.9 Å². The molecule has 4 rings (SSSR count). The molecule has 31 heavy (non-hydrogen) atoms. The molecule has 2 aromatic carbocycles. The van der Waals surface area contributed by atoms with Crippen molar-refractivity contribution in [3.05, 3.63) is 66.5 Å². The standard InChI is InChI=1S/C22H20F3N5O/c1-30(18-7-3-6-17(11-18)29-21(31)14-8-9-14)20-12-19(26-13-27-20)28-16-5-2-4-15(10-16)22(23,24)25/h2-7,10-14H,8-9H2,1H3,(H,29,31)(H,26,27,28). The minimum Gasteiger partial charge on any atom is -0.340 e. The van der Waals surface area contributed by atoms with E-state index in [1.165, 1.54) is 18.5 Å². The molecule has 0 radical (unpaired) electrons. The Hall–Kier alpha value is -3.62. The third kappa shape index (κ3) is 5.11. The molecule has 160 valence electrons. The Morgan fingerprint density at radius 2 is 1.77 bits per heavy atom. The number of nitrogens with zero attached hydrogens (tertiary/aromatic N) is 3. The van der Waals surface area contributed by atoms with Gasteiger partial charge in [-0.2, -0.15) is 13.2 Å². The van der Waals surface area contributed by atoms with Crippen molar-refractivity contribution in [1.82, 2.24) is 9.97 Å². The minimum absolute atomic E-state index is 0.0226. The Bertz CT molecular complexity index is 1100. The van der Waals surface area contributed by atoms with Gasteiger partial charge in [-0.25, -0.2) is 9.97 Å². The fraction of sp³-hybridized carbons (Fsp3) is 0.227. The van der Waals surface area contributed by atoms with Crippen molar-refractivity contribution < 1.29 is 18.0 Å². The van der Waals surface area contributed by atoms with Gasteiger partial charge in [0.1, 0.15) is 18.0 Å². The van der Waals surface area contributed by atoms with E-state index in [1.807, 2.05) is 24.3 Å². The summed E-state index contributed by atoms with van der Waals surface area (Å²) in [7, 11) is 1.80. The summed E-state index contributed by atoms with van der Waals surface area (Å²) >= 11 is 0. The van der Waals surface area contributed by atoms with Gasteiger partial charge in [-0.05, 0) is 49.2 Å². The lowest BCUT2D eigenvalue weighted by molar-refractivity contribution is -0.137. The number of rotatable bonds is 6. The van der Waals surface area contributed by atoms with E-state index in [1.54, 1.807) is 18.0 Å². The molecule has 9 heteroatoms. The van der Waals surface area contributed by atoms with Crippen LogP contribution in [0.3, 0.4) is 0 Å². The number of hydrogen-bond acceptors (Lipinski definition) is 5. The lowest BCUT2D eigenvalue weighted by Crippen LogP contribution is -2.15. The number of amides is 1. The van der Waals surface area contributed by atoms with Crippen molar-refractivity contribution in [3.63, 3.8) is 0 Å². The highest BCUT2D eigenvalue weighted by molar-refractivity contribution is 5.94. The highest BCUT2D eigenvalue weighted by Crippen LogP contribution is 2.33. The van der Waals surface area contributed by atoms with Crippen LogP contribution in [-0.4, -0.2) is 22.9 Å². The van der Waals surface area contributed by atoms with Crippen LogP contribution >= 0.6 is 0 Å². The Kier molecular flexibility index (Phi) is 5.50. The zero-order chi connectivity index (χ0) is 22.0. The summed E-state index contributed by atoms with van der Waals surface area (Å²) in [6.07, 6.45) is -1.24. The maximum Gasteiger partial charge on any atom is 0.416 e. The summed E-state index contributed by atoms with van der Waals surface area (Å²) in [4.78, 5) is 22.2. The zero-order valence-corrected chi connectivity index (χ0v) is 16.6. The van der Waals surface area contributed by atoms with Crippen LogP contribution in [0.4, 0.5) is 41.9 Å². The molecule has 0 unspecified atom stereocenters. The Labute approximate surface area is 177 Å². The molecule has 6 nitrogen and oxygen atoms in total. The molecule has 1 heterocycles.